The molecule has 0 atom stereocenters. The standard InChI is InChI=1S/C66H44N4O8/c71-55-47-9-1-2-10-48(47)56(72)67(55)43-25-17-39(18-26-43)63-33-64(40-19-27-44(28-20-40)68-57(73)49-11-3-4-12-50(49)58(68)74)36-65(34-63,41-21-29-45(30-22-41)69-59(75)51-13-5-6-14-52(51)60(69)76)38-66(35-63,37-64)42-23-31-46(32-24-42)70-61(77)53-15-7-8-16-54(53)62(70)78/h1-32H,33-38H2. The van der Waals surface area contributed by atoms with Crippen LogP contribution >= 0.6 is 0 Å². The molecule has 0 unspecified atom stereocenters. The molecular formula is C66H44N4O8. The van der Waals surface area contributed by atoms with Crippen LogP contribution in [0.1, 0.15) is 144 Å². The Morgan fingerprint density at radius 3 is 0.487 bits per heavy atom. The summed E-state index contributed by atoms with van der Waals surface area (Å²) in [5, 5.41) is 0. The van der Waals surface area contributed by atoms with Crippen LogP contribution in [-0.4, -0.2) is 47.3 Å². The number of carbonyl (C=O) groups is 8. The van der Waals surface area contributed by atoms with E-state index < -0.39 is 21.7 Å². The van der Waals surface area contributed by atoms with Crippen LogP contribution in [0.2, 0.25) is 0 Å². The Kier molecular flexibility index (Phi) is 9.33. The van der Waals surface area contributed by atoms with Crippen molar-refractivity contribution in [3.05, 3.63) is 261 Å². The first kappa shape index (κ1) is 45.7. The first-order chi connectivity index (χ1) is 37.8. The van der Waals surface area contributed by atoms with Gasteiger partial charge in [0.1, 0.15) is 0 Å². The lowest BCUT2D eigenvalue weighted by atomic mass is 9.32. The summed E-state index contributed by atoms with van der Waals surface area (Å²) in [5.41, 5.74) is 6.68. The summed E-state index contributed by atoms with van der Waals surface area (Å²) in [7, 11) is 0. The van der Waals surface area contributed by atoms with Crippen molar-refractivity contribution in [3.63, 3.8) is 0 Å². The van der Waals surface area contributed by atoms with Gasteiger partial charge in [-0.25, -0.2) is 19.6 Å². The second-order valence-electron chi connectivity index (χ2n) is 22.3. The fourth-order valence-corrected chi connectivity index (χ4v) is 15.4. The molecule has 16 rings (SSSR count). The number of carbonyl (C=O) groups excluding carboxylic acids is 8. The van der Waals surface area contributed by atoms with E-state index in [2.05, 4.69) is 48.5 Å². The van der Waals surface area contributed by atoms with Gasteiger partial charge in [0.2, 0.25) is 0 Å². The summed E-state index contributed by atoms with van der Waals surface area (Å²) in [4.78, 5) is 115. The number of imide groups is 4. The molecule has 12 heteroatoms. The first-order valence-electron chi connectivity index (χ1n) is 26.2. The number of rotatable bonds is 8. The number of nitrogens with zero attached hydrogens (tertiary/aromatic N) is 4. The quantitative estimate of drug-likeness (QED) is 0.137. The van der Waals surface area contributed by atoms with Crippen molar-refractivity contribution >= 4 is 70.0 Å². The minimum absolute atomic E-state index is 0.357. The fourth-order valence-electron chi connectivity index (χ4n) is 15.4. The predicted molar refractivity (Wildman–Crippen MR) is 291 cm³/mol. The lowest BCUT2D eigenvalue weighted by Gasteiger charge is -2.71. The predicted octanol–water partition coefficient (Wildman–Crippen LogP) is 11.3. The number of anilines is 4. The zero-order valence-electron chi connectivity index (χ0n) is 41.8. The Labute approximate surface area is 447 Å². The first-order valence-corrected chi connectivity index (χ1v) is 26.2. The molecule has 4 aliphatic heterocycles. The molecule has 8 aromatic rings. The van der Waals surface area contributed by atoms with E-state index >= 15 is 0 Å². The third kappa shape index (κ3) is 6.16. The highest BCUT2D eigenvalue weighted by Crippen LogP contribution is 2.75. The maximum Gasteiger partial charge on any atom is 0.266 e. The molecule has 8 amide bonds. The summed E-state index contributed by atoms with van der Waals surface area (Å²) in [6, 6.07) is 58.8. The van der Waals surface area contributed by atoms with Gasteiger partial charge in [-0.3, -0.25) is 38.4 Å². The zero-order valence-corrected chi connectivity index (χ0v) is 41.8. The smallest absolute Gasteiger partial charge is 0.266 e. The summed E-state index contributed by atoms with van der Waals surface area (Å²) < 4.78 is 0. The van der Waals surface area contributed by atoms with Crippen molar-refractivity contribution in [2.45, 2.75) is 60.2 Å². The highest BCUT2D eigenvalue weighted by Gasteiger charge is 2.69. The second kappa shape index (κ2) is 15.9. The van der Waals surface area contributed by atoms with Gasteiger partial charge in [-0.05, 0) is 180 Å². The lowest BCUT2D eigenvalue weighted by Crippen LogP contribution is -2.67. The normalized spacial score (nSPS) is 24.4. The van der Waals surface area contributed by atoms with Gasteiger partial charge in [0, 0.05) is 0 Å². The van der Waals surface area contributed by atoms with Gasteiger partial charge in [-0.2, -0.15) is 0 Å². The molecule has 4 aliphatic carbocycles. The Hall–Kier alpha value is -9.68. The van der Waals surface area contributed by atoms with E-state index in [4.69, 9.17) is 0 Å². The number of fused-ring (bicyclic) bond motifs is 4. The van der Waals surface area contributed by atoms with Gasteiger partial charge in [0.15, 0.2) is 0 Å². The molecule has 4 bridgehead atoms. The molecule has 0 spiro atoms. The molecule has 376 valence electrons. The maximum absolute atomic E-state index is 13.8. The monoisotopic (exact) mass is 1020 g/mol. The van der Waals surface area contributed by atoms with Crippen molar-refractivity contribution < 1.29 is 38.4 Å². The van der Waals surface area contributed by atoms with Crippen molar-refractivity contribution in [2.24, 2.45) is 0 Å². The van der Waals surface area contributed by atoms with Gasteiger partial charge in [-0.15, -0.1) is 0 Å². The van der Waals surface area contributed by atoms with Gasteiger partial charge >= 0.3 is 0 Å². The fraction of sp³-hybridized carbons (Fsp3) is 0.152. The average molecular weight is 1020 g/mol. The summed E-state index contributed by atoms with van der Waals surface area (Å²) in [6.45, 7) is 0. The molecule has 0 N–H and O–H groups in total. The van der Waals surface area contributed by atoms with Crippen LogP contribution in [0.3, 0.4) is 0 Å². The van der Waals surface area contributed by atoms with Crippen LogP contribution in [0.4, 0.5) is 22.7 Å². The third-order valence-corrected chi connectivity index (χ3v) is 18.2. The van der Waals surface area contributed by atoms with Crippen LogP contribution in [0, 0.1) is 0 Å². The van der Waals surface area contributed by atoms with Gasteiger partial charge in [0.05, 0.1) is 67.3 Å². The molecular weight excluding hydrogens is 977 g/mol. The van der Waals surface area contributed by atoms with E-state index in [-0.39, 0.29) is 47.3 Å². The third-order valence-electron chi connectivity index (χ3n) is 18.2. The van der Waals surface area contributed by atoms with Crippen LogP contribution in [0.5, 0.6) is 0 Å². The highest BCUT2D eigenvalue weighted by atomic mass is 16.2. The lowest BCUT2D eigenvalue weighted by molar-refractivity contribution is -0.0691. The Morgan fingerprint density at radius 1 is 0.205 bits per heavy atom. The summed E-state index contributed by atoms with van der Waals surface area (Å²) in [5.74, 6) is -3.04. The van der Waals surface area contributed by atoms with Crippen molar-refractivity contribution in [1.82, 2.24) is 0 Å². The van der Waals surface area contributed by atoms with E-state index in [0.717, 1.165) is 22.3 Å². The second-order valence-corrected chi connectivity index (χ2v) is 22.3. The van der Waals surface area contributed by atoms with Crippen LogP contribution in [-0.2, 0) is 21.7 Å². The molecule has 8 aliphatic rings. The molecule has 4 fully saturated rings. The molecule has 4 heterocycles. The van der Waals surface area contributed by atoms with Crippen molar-refractivity contribution in [3.8, 4) is 0 Å². The molecule has 8 aromatic carbocycles. The van der Waals surface area contributed by atoms with E-state index in [0.29, 0.717) is 106 Å². The van der Waals surface area contributed by atoms with Crippen molar-refractivity contribution in [2.75, 3.05) is 19.6 Å². The van der Waals surface area contributed by atoms with Crippen LogP contribution in [0.15, 0.2) is 194 Å². The zero-order chi connectivity index (χ0) is 53.0. The Morgan fingerprint density at radius 2 is 0.346 bits per heavy atom. The molecule has 0 saturated heterocycles. The van der Waals surface area contributed by atoms with Crippen molar-refractivity contribution in [1.29, 1.82) is 0 Å². The minimum atomic E-state index is -0.543. The number of hydrogen-bond donors (Lipinski definition) is 0. The molecule has 0 radical (unpaired) electrons. The van der Waals surface area contributed by atoms with E-state index in [9.17, 15) is 38.4 Å². The van der Waals surface area contributed by atoms with E-state index in [1.54, 1.807) is 97.1 Å². The molecule has 4 saturated carbocycles. The minimum Gasteiger partial charge on any atom is -0.268 e. The largest absolute Gasteiger partial charge is 0.268 e. The summed E-state index contributed by atoms with van der Waals surface area (Å²) in [6.07, 6.45) is 4.26. The van der Waals surface area contributed by atoms with Gasteiger partial charge in [-0.1, -0.05) is 97.1 Å². The number of amides is 8. The van der Waals surface area contributed by atoms with Gasteiger partial charge in [0.25, 0.3) is 47.3 Å². The maximum atomic E-state index is 13.8. The number of benzene rings is 8. The Balaban J connectivity index is 0.880. The van der Waals surface area contributed by atoms with Gasteiger partial charge < -0.3 is 0 Å². The molecule has 12 nitrogen and oxygen atoms in total. The molecule has 0 aromatic heterocycles. The Bertz CT molecular complexity index is 3370. The summed E-state index contributed by atoms with van der Waals surface area (Å²) >= 11 is 0. The SMILES string of the molecule is O=C1c2ccccc2C(=O)N1c1ccc(C23CC4(c5ccc(N6C(=O)c7ccccc7C6=O)cc5)CC(c5ccc(N6C(=O)c7ccccc7C6=O)cc5)(C2)CC(c2ccc(N5C(=O)c6ccccc6C5=O)cc2)(C3)C4)cc1. The number of hydrogen-bond acceptors (Lipinski definition) is 8. The van der Waals surface area contributed by atoms with E-state index in [1.165, 1.54) is 19.6 Å². The van der Waals surface area contributed by atoms with Crippen LogP contribution in [0.25, 0.3) is 0 Å². The van der Waals surface area contributed by atoms with Crippen LogP contribution < -0.4 is 19.6 Å². The van der Waals surface area contributed by atoms with E-state index in [1.807, 2.05) is 48.5 Å². The topological polar surface area (TPSA) is 150 Å². The highest BCUT2D eigenvalue weighted by molar-refractivity contribution is 6.37. The molecule has 78 heavy (non-hydrogen) atoms. The average Bonchev–Trinajstić information content (AvgIpc) is 4.21.